The van der Waals surface area contributed by atoms with Crippen molar-refractivity contribution in [2.24, 2.45) is 23.7 Å². The van der Waals surface area contributed by atoms with Gasteiger partial charge in [-0.25, -0.2) is 0 Å². The van der Waals surface area contributed by atoms with Gasteiger partial charge in [0, 0.05) is 30.8 Å². The van der Waals surface area contributed by atoms with Gasteiger partial charge in [0.2, 0.25) is 0 Å². The maximum Gasteiger partial charge on any atom is 0.303 e. The molecule has 0 spiro atoms. The first-order chi connectivity index (χ1) is 13.7. The van der Waals surface area contributed by atoms with Gasteiger partial charge in [0.05, 0.1) is 5.60 Å². The van der Waals surface area contributed by atoms with Crippen LogP contribution in [0.1, 0.15) is 52.5 Å². The molecule has 0 saturated heterocycles. The molecule has 4 nitrogen and oxygen atoms in total. The molecule has 1 fully saturated rings. The number of rotatable bonds is 6. The minimum atomic E-state index is -0.820. The molecule has 5 heteroatoms. The van der Waals surface area contributed by atoms with Gasteiger partial charge in [0.15, 0.2) is 0 Å². The van der Waals surface area contributed by atoms with Crippen LogP contribution in [0, 0.1) is 23.7 Å². The summed E-state index contributed by atoms with van der Waals surface area (Å²) >= 11 is 6.26. The van der Waals surface area contributed by atoms with Crippen molar-refractivity contribution in [1.82, 2.24) is 5.32 Å². The zero-order valence-electron chi connectivity index (χ0n) is 18.0. The monoisotopic (exact) mass is 419 g/mol. The summed E-state index contributed by atoms with van der Waals surface area (Å²) < 4.78 is 5.49. The molecule has 1 aromatic carbocycles. The van der Waals surface area contributed by atoms with Gasteiger partial charge in [-0.05, 0) is 61.3 Å². The minimum Gasteiger partial charge on any atom is -0.458 e. The molecule has 2 aliphatic rings. The number of esters is 1. The second-order valence-electron chi connectivity index (χ2n) is 9.07. The van der Waals surface area contributed by atoms with E-state index in [1.165, 1.54) is 6.92 Å². The van der Waals surface area contributed by atoms with E-state index in [-0.39, 0.29) is 23.9 Å². The van der Waals surface area contributed by atoms with Gasteiger partial charge in [0.1, 0.15) is 6.10 Å². The largest absolute Gasteiger partial charge is 0.458 e. The molecule has 0 aromatic heterocycles. The summed E-state index contributed by atoms with van der Waals surface area (Å²) in [6, 6.07) is 7.91. The van der Waals surface area contributed by atoms with Crippen LogP contribution in [-0.2, 0) is 16.1 Å². The number of aliphatic hydroxyl groups is 1. The number of benzene rings is 1. The van der Waals surface area contributed by atoms with Crippen LogP contribution in [0.25, 0.3) is 0 Å². The Bertz CT molecular complexity index is 764. The molecule has 0 heterocycles. The number of carbonyl (C=O) groups excluding carboxylic acids is 1. The van der Waals surface area contributed by atoms with E-state index in [2.05, 4.69) is 25.2 Å². The molecule has 2 N–H and O–H groups in total. The van der Waals surface area contributed by atoms with E-state index >= 15 is 0 Å². The number of ether oxygens (including phenoxy) is 1. The molecule has 0 radical (unpaired) electrons. The predicted molar refractivity (Wildman–Crippen MR) is 117 cm³/mol. The predicted octanol–water partition coefficient (Wildman–Crippen LogP) is 4.74. The Morgan fingerprint density at radius 3 is 2.79 bits per heavy atom. The molecule has 160 valence electrons. The lowest BCUT2D eigenvalue weighted by atomic mass is 9.57. The highest BCUT2D eigenvalue weighted by Crippen LogP contribution is 2.51. The molecule has 0 amide bonds. The summed E-state index contributed by atoms with van der Waals surface area (Å²) in [5.41, 5.74) is 1.34. The third kappa shape index (κ3) is 4.87. The van der Waals surface area contributed by atoms with Crippen LogP contribution in [0.4, 0.5) is 0 Å². The average Bonchev–Trinajstić information content (AvgIpc) is 2.65. The van der Waals surface area contributed by atoms with E-state index < -0.39 is 5.60 Å². The van der Waals surface area contributed by atoms with E-state index in [9.17, 15) is 9.90 Å². The maximum absolute atomic E-state index is 11.6. The maximum atomic E-state index is 11.6. The second kappa shape index (κ2) is 9.20. The highest BCUT2D eigenvalue weighted by molar-refractivity contribution is 6.31. The molecular weight excluding hydrogens is 386 g/mol. The number of hydrogen-bond acceptors (Lipinski definition) is 4. The van der Waals surface area contributed by atoms with Crippen molar-refractivity contribution in [2.75, 3.05) is 6.54 Å². The molecule has 0 bridgehead atoms. The van der Waals surface area contributed by atoms with Crippen LogP contribution in [0.2, 0.25) is 5.02 Å². The van der Waals surface area contributed by atoms with Crippen LogP contribution in [0.5, 0.6) is 0 Å². The van der Waals surface area contributed by atoms with E-state index in [0.29, 0.717) is 18.3 Å². The summed E-state index contributed by atoms with van der Waals surface area (Å²) in [7, 11) is 0. The lowest BCUT2D eigenvalue weighted by Gasteiger charge is -2.53. The fraction of sp³-hybridized carbons (Fsp3) is 0.625. The van der Waals surface area contributed by atoms with Gasteiger partial charge >= 0.3 is 5.97 Å². The van der Waals surface area contributed by atoms with Gasteiger partial charge < -0.3 is 15.2 Å². The summed E-state index contributed by atoms with van der Waals surface area (Å²) in [4.78, 5) is 11.5. The topological polar surface area (TPSA) is 58.6 Å². The standard InChI is InChI=1S/C24H34ClNO3/c1-15-11-21-20(16(2)13-26-14-19-7-5-6-8-22(19)25)10-9-17(3)24(21,28)12-23(15)29-18(4)27/h5-8,11,16-17,20-21,23,26,28H,9-10,12-14H2,1-4H3/t16-,17-,20+,21-,23-,24-/m1/s1. The lowest BCUT2D eigenvalue weighted by Crippen LogP contribution is -2.56. The van der Waals surface area contributed by atoms with Crippen molar-refractivity contribution in [3.8, 4) is 0 Å². The first-order valence-electron chi connectivity index (χ1n) is 10.7. The van der Waals surface area contributed by atoms with E-state index in [1.54, 1.807) is 0 Å². The van der Waals surface area contributed by atoms with Crippen molar-refractivity contribution in [3.63, 3.8) is 0 Å². The Morgan fingerprint density at radius 1 is 1.38 bits per heavy atom. The Hall–Kier alpha value is -1.36. The van der Waals surface area contributed by atoms with Crippen LogP contribution >= 0.6 is 11.6 Å². The zero-order chi connectivity index (χ0) is 21.2. The summed E-state index contributed by atoms with van der Waals surface area (Å²) in [6.07, 6.45) is 4.46. The molecule has 2 aliphatic carbocycles. The van der Waals surface area contributed by atoms with Gasteiger partial charge in [-0.3, -0.25) is 4.79 Å². The molecular formula is C24H34ClNO3. The Morgan fingerprint density at radius 2 is 2.10 bits per heavy atom. The third-order valence-corrected chi connectivity index (χ3v) is 7.44. The number of fused-ring (bicyclic) bond motifs is 1. The number of hydrogen-bond donors (Lipinski definition) is 2. The van der Waals surface area contributed by atoms with Crippen molar-refractivity contribution >= 4 is 17.6 Å². The van der Waals surface area contributed by atoms with Crippen molar-refractivity contribution in [1.29, 1.82) is 0 Å². The highest BCUT2D eigenvalue weighted by Gasteiger charge is 2.52. The average molecular weight is 420 g/mol. The summed E-state index contributed by atoms with van der Waals surface area (Å²) in [6.45, 7) is 9.46. The van der Waals surface area contributed by atoms with Crippen molar-refractivity contribution in [3.05, 3.63) is 46.5 Å². The third-order valence-electron chi connectivity index (χ3n) is 7.07. The molecule has 3 rings (SSSR count). The lowest BCUT2D eigenvalue weighted by molar-refractivity contribution is -0.159. The Kier molecular flexibility index (Phi) is 7.08. The highest BCUT2D eigenvalue weighted by atomic mass is 35.5. The fourth-order valence-corrected chi connectivity index (χ4v) is 5.43. The molecule has 29 heavy (non-hydrogen) atoms. The van der Waals surface area contributed by atoms with Gasteiger partial charge in [-0.2, -0.15) is 0 Å². The van der Waals surface area contributed by atoms with Crippen LogP contribution in [0.15, 0.2) is 35.9 Å². The summed E-state index contributed by atoms with van der Waals surface area (Å²) in [5, 5.41) is 16.0. The SMILES string of the molecule is CC(=O)O[C@@H]1C[C@@]2(O)[C@H](C)CC[C@@H]([C@H](C)CNCc3ccccc3Cl)[C@H]2C=C1C. The Labute approximate surface area is 179 Å². The number of carbonyl (C=O) groups is 1. The minimum absolute atomic E-state index is 0.0928. The second-order valence-corrected chi connectivity index (χ2v) is 9.48. The van der Waals surface area contributed by atoms with Gasteiger partial charge in [-0.1, -0.05) is 49.7 Å². The van der Waals surface area contributed by atoms with E-state index in [4.69, 9.17) is 16.3 Å². The molecule has 6 atom stereocenters. The van der Waals surface area contributed by atoms with Crippen molar-refractivity contribution in [2.45, 2.75) is 65.2 Å². The normalized spacial score (nSPS) is 32.8. The van der Waals surface area contributed by atoms with Gasteiger partial charge in [0.25, 0.3) is 0 Å². The smallest absolute Gasteiger partial charge is 0.303 e. The molecule has 0 aliphatic heterocycles. The van der Waals surface area contributed by atoms with Crippen LogP contribution < -0.4 is 5.32 Å². The van der Waals surface area contributed by atoms with E-state index in [0.717, 1.165) is 42.1 Å². The number of nitrogens with one attached hydrogen (secondary N) is 1. The molecule has 1 aromatic rings. The molecule has 0 unspecified atom stereocenters. The quantitative estimate of drug-likeness (QED) is 0.516. The van der Waals surface area contributed by atoms with Crippen LogP contribution in [0.3, 0.4) is 0 Å². The Balaban J connectivity index is 1.70. The first kappa shape index (κ1) is 22.3. The van der Waals surface area contributed by atoms with Crippen molar-refractivity contribution < 1.29 is 14.6 Å². The van der Waals surface area contributed by atoms with Gasteiger partial charge in [-0.15, -0.1) is 0 Å². The first-order valence-corrected chi connectivity index (χ1v) is 11.1. The fourth-order valence-electron chi connectivity index (χ4n) is 5.23. The number of halogens is 1. The van der Waals surface area contributed by atoms with E-state index in [1.807, 2.05) is 31.2 Å². The molecule has 1 saturated carbocycles. The zero-order valence-corrected chi connectivity index (χ0v) is 18.7. The van der Waals surface area contributed by atoms with Crippen LogP contribution in [-0.4, -0.2) is 29.3 Å². The summed E-state index contributed by atoms with van der Waals surface area (Å²) in [5.74, 6) is 0.797.